The predicted octanol–water partition coefficient (Wildman–Crippen LogP) is 7.12. The Morgan fingerprint density at radius 3 is 2.60 bits per heavy atom. The Labute approximate surface area is 227 Å². The zero-order valence-corrected chi connectivity index (χ0v) is 21.7. The van der Waals surface area contributed by atoms with E-state index < -0.39 is 5.92 Å². The first-order valence-electron chi connectivity index (χ1n) is 13.1. The van der Waals surface area contributed by atoms with Gasteiger partial charge in [0, 0.05) is 65.5 Å². The highest BCUT2D eigenvalue weighted by atomic mass is 19.3. The number of hydrogen-bond donors (Lipinski definition) is 2. The maximum atomic E-state index is 14.2. The maximum absolute atomic E-state index is 14.2. The van der Waals surface area contributed by atoms with Crippen LogP contribution in [0.2, 0.25) is 0 Å². The summed E-state index contributed by atoms with van der Waals surface area (Å²) in [5.74, 6) is -2.92. The lowest BCUT2D eigenvalue weighted by atomic mass is 10.0. The number of hydrogen-bond acceptors (Lipinski definition) is 4. The van der Waals surface area contributed by atoms with Crippen molar-refractivity contribution in [1.29, 1.82) is 0 Å². The highest BCUT2D eigenvalue weighted by molar-refractivity contribution is 6.00. The Morgan fingerprint density at radius 2 is 1.77 bits per heavy atom. The molecule has 200 valence electrons. The highest BCUT2D eigenvalue weighted by Gasteiger charge is 2.37. The second kappa shape index (κ2) is 9.31. The average molecular weight is 539 g/mol. The smallest absolute Gasteiger partial charge is 0.261 e. The second-order valence-corrected chi connectivity index (χ2v) is 10.6. The lowest BCUT2D eigenvalue weighted by molar-refractivity contribution is 0.0115. The number of aryl methyl sites for hydroxylation is 1. The van der Waals surface area contributed by atoms with Crippen LogP contribution in [0.4, 0.5) is 13.2 Å². The summed E-state index contributed by atoms with van der Waals surface area (Å²) in [6, 6.07) is 16.8. The Balaban J connectivity index is 1.25. The number of likely N-dealkylation sites (tertiary alicyclic amines) is 1. The molecular weight excluding hydrogens is 513 g/mol. The van der Waals surface area contributed by atoms with E-state index in [0.29, 0.717) is 24.3 Å². The van der Waals surface area contributed by atoms with Gasteiger partial charge in [-0.1, -0.05) is 6.07 Å². The number of nitrogens with zero attached hydrogens (tertiary/aromatic N) is 4. The van der Waals surface area contributed by atoms with E-state index in [0.717, 1.165) is 55.4 Å². The summed E-state index contributed by atoms with van der Waals surface area (Å²) in [6.07, 6.45) is 5.12. The lowest BCUT2D eigenvalue weighted by Gasteiger charge is -2.15. The van der Waals surface area contributed by atoms with Gasteiger partial charge in [-0.2, -0.15) is 5.10 Å². The topological polar surface area (TPSA) is 73.5 Å². The number of fused-ring (bicyclic) bond motifs is 2. The van der Waals surface area contributed by atoms with E-state index in [1.54, 1.807) is 23.5 Å². The van der Waals surface area contributed by atoms with Crippen LogP contribution in [0.5, 0.6) is 0 Å². The molecule has 0 atom stereocenters. The van der Waals surface area contributed by atoms with E-state index in [-0.39, 0.29) is 18.8 Å². The number of H-pyrrole nitrogens is 2. The van der Waals surface area contributed by atoms with E-state index in [2.05, 4.69) is 31.2 Å². The molecule has 6 aromatic rings. The molecule has 1 aliphatic rings. The molecule has 7 rings (SSSR count). The van der Waals surface area contributed by atoms with Crippen molar-refractivity contribution in [3.63, 3.8) is 0 Å². The molecule has 1 saturated heterocycles. The van der Waals surface area contributed by atoms with Crippen LogP contribution in [-0.4, -0.2) is 49.1 Å². The first-order valence-corrected chi connectivity index (χ1v) is 13.1. The molecule has 9 heteroatoms. The normalized spacial score (nSPS) is 15.4. The largest absolute Gasteiger partial charge is 0.353 e. The molecule has 2 N–H and O–H groups in total. The molecular formula is C31H25F3N6. The van der Waals surface area contributed by atoms with Crippen LogP contribution in [0.25, 0.3) is 55.6 Å². The molecule has 1 aliphatic heterocycles. The minimum absolute atomic E-state index is 0.104. The minimum atomic E-state index is -2.62. The Kier molecular flexibility index (Phi) is 5.71. The van der Waals surface area contributed by atoms with Crippen molar-refractivity contribution in [2.24, 2.45) is 0 Å². The van der Waals surface area contributed by atoms with Crippen LogP contribution in [-0.2, 0) is 6.54 Å². The van der Waals surface area contributed by atoms with Crippen LogP contribution < -0.4 is 0 Å². The number of aromatic amines is 2. The van der Waals surface area contributed by atoms with E-state index in [1.165, 1.54) is 12.1 Å². The Bertz CT molecular complexity index is 1870. The summed E-state index contributed by atoms with van der Waals surface area (Å²) < 4.78 is 41.5. The van der Waals surface area contributed by atoms with Gasteiger partial charge in [0.05, 0.1) is 23.4 Å². The first kappa shape index (κ1) is 24.5. The van der Waals surface area contributed by atoms with E-state index in [4.69, 9.17) is 0 Å². The summed E-state index contributed by atoms with van der Waals surface area (Å²) in [5.41, 5.74) is 8.29. The Hall–Kier alpha value is -4.50. The summed E-state index contributed by atoms with van der Waals surface area (Å²) in [5, 5.41) is 9.50. The fraction of sp³-hybridized carbons (Fsp3) is 0.194. The standard InChI is InChI=1S/C31H25F3N6/c1-18-8-21(11-23(32)9-18)29-25-13-28(37-26(25)4-6-36-29)30-24-12-20(2-3-27(24)38-39-30)22-10-19(14-35-15-22)16-40-7-5-31(33,34)17-40/h2-4,6,8-15,37H,5,7,16-17H2,1H3,(H,38,39). The zero-order valence-electron chi connectivity index (χ0n) is 21.7. The quantitative estimate of drug-likeness (QED) is 0.245. The highest BCUT2D eigenvalue weighted by Crippen LogP contribution is 2.35. The van der Waals surface area contributed by atoms with Crippen LogP contribution in [0.3, 0.4) is 0 Å². The van der Waals surface area contributed by atoms with Gasteiger partial charge in [0.1, 0.15) is 11.5 Å². The molecule has 40 heavy (non-hydrogen) atoms. The minimum Gasteiger partial charge on any atom is -0.353 e. The molecule has 0 spiro atoms. The molecule has 4 aromatic heterocycles. The number of aromatic nitrogens is 5. The van der Waals surface area contributed by atoms with Gasteiger partial charge in [0.15, 0.2) is 0 Å². The number of pyridine rings is 2. The molecule has 0 saturated carbocycles. The van der Waals surface area contributed by atoms with Crippen LogP contribution in [0.15, 0.2) is 73.2 Å². The fourth-order valence-electron chi connectivity index (χ4n) is 5.62. The van der Waals surface area contributed by atoms with Gasteiger partial charge in [-0.05, 0) is 72.1 Å². The van der Waals surface area contributed by atoms with Gasteiger partial charge in [0.2, 0.25) is 0 Å². The van der Waals surface area contributed by atoms with Crippen molar-refractivity contribution in [3.8, 4) is 33.8 Å². The van der Waals surface area contributed by atoms with Crippen molar-refractivity contribution < 1.29 is 13.2 Å². The number of halogens is 3. The number of rotatable bonds is 5. The summed E-state index contributed by atoms with van der Waals surface area (Å²) in [7, 11) is 0. The molecule has 6 nitrogen and oxygen atoms in total. The zero-order chi connectivity index (χ0) is 27.4. The summed E-state index contributed by atoms with van der Waals surface area (Å²) in [6.45, 7) is 2.45. The van der Waals surface area contributed by atoms with Gasteiger partial charge in [-0.3, -0.25) is 20.0 Å². The van der Waals surface area contributed by atoms with Gasteiger partial charge in [0.25, 0.3) is 5.92 Å². The van der Waals surface area contributed by atoms with Crippen molar-refractivity contribution in [2.45, 2.75) is 25.8 Å². The fourth-order valence-corrected chi connectivity index (χ4v) is 5.62. The van der Waals surface area contributed by atoms with Gasteiger partial charge in [-0.25, -0.2) is 13.2 Å². The monoisotopic (exact) mass is 538 g/mol. The molecule has 5 heterocycles. The van der Waals surface area contributed by atoms with E-state index >= 15 is 0 Å². The SMILES string of the molecule is Cc1cc(F)cc(-c2nccc3[nH]c(-c4n[nH]c5ccc(-c6cncc(CN7CCC(F)(F)C7)c6)cc45)cc23)c1. The summed E-state index contributed by atoms with van der Waals surface area (Å²) in [4.78, 5) is 14.2. The van der Waals surface area contributed by atoms with E-state index in [9.17, 15) is 13.2 Å². The average Bonchev–Trinajstić information content (AvgIpc) is 3.63. The maximum Gasteiger partial charge on any atom is 0.261 e. The lowest BCUT2D eigenvalue weighted by Crippen LogP contribution is -2.24. The van der Waals surface area contributed by atoms with Gasteiger partial charge < -0.3 is 4.98 Å². The molecule has 1 fully saturated rings. The van der Waals surface area contributed by atoms with Crippen molar-refractivity contribution >= 4 is 21.8 Å². The second-order valence-electron chi connectivity index (χ2n) is 10.6. The molecule has 0 aliphatic carbocycles. The number of alkyl halides is 2. The van der Waals surface area contributed by atoms with E-state index in [1.807, 2.05) is 43.3 Å². The molecule has 0 amide bonds. The van der Waals surface area contributed by atoms with Crippen LogP contribution in [0, 0.1) is 12.7 Å². The molecule has 0 unspecified atom stereocenters. The van der Waals surface area contributed by atoms with Crippen LogP contribution >= 0.6 is 0 Å². The molecule has 2 aromatic carbocycles. The first-order chi connectivity index (χ1) is 19.3. The summed E-state index contributed by atoms with van der Waals surface area (Å²) >= 11 is 0. The Morgan fingerprint density at radius 1 is 0.900 bits per heavy atom. The van der Waals surface area contributed by atoms with Gasteiger partial charge in [-0.15, -0.1) is 0 Å². The van der Waals surface area contributed by atoms with Crippen LogP contribution in [0.1, 0.15) is 17.5 Å². The molecule has 0 bridgehead atoms. The van der Waals surface area contributed by atoms with Crippen molar-refractivity contribution in [3.05, 3.63) is 90.1 Å². The molecule has 0 radical (unpaired) electrons. The predicted molar refractivity (Wildman–Crippen MR) is 149 cm³/mol. The van der Waals surface area contributed by atoms with Crippen molar-refractivity contribution in [1.82, 2.24) is 30.0 Å². The third kappa shape index (κ3) is 4.52. The third-order valence-corrected chi connectivity index (χ3v) is 7.46. The van der Waals surface area contributed by atoms with Gasteiger partial charge >= 0.3 is 0 Å². The number of benzene rings is 2. The number of nitrogens with one attached hydrogen (secondary N) is 2. The third-order valence-electron chi connectivity index (χ3n) is 7.46. The van der Waals surface area contributed by atoms with Crippen molar-refractivity contribution in [2.75, 3.05) is 13.1 Å².